The van der Waals surface area contributed by atoms with Crippen molar-refractivity contribution in [3.05, 3.63) is 29.3 Å². The van der Waals surface area contributed by atoms with Crippen LogP contribution in [0.15, 0.2) is 18.2 Å². The molecule has 0 aliphatic rings. The summed E-state index contributed by atoms with van der Waals surface area (Å²) in [6.45, 7) is 10.2. The van der Waals surface area contributed by atoms with Crippen LogP contribution in [0.2, 0.25) is 0 Å². The van der Waals surface area contributed by atoms with Crippen molar-refractivity contribution in [2.24, 2.45) is 0 Å². The highest BCUT2D eigenvalue weighted by Gasteiger charge is 2.08. The van der Waals surface area contributed by atoms with Crippen LogP contribution in [0.25, 0.3) is 0 Å². The first-order valence-electron chi connectivity index (χ1n) is 7.13. The SMILES string of the molecule is Cc1cc(OCC(=O)NC(=S)NC(C)C)ccc1C(C)C. The second-order valence-corrected chi connectivity index (χ2v) is 6.05. The van der Waals surface area contributed by atoms with Crippen molar-refractivity contribution < 1.29 is 9.53 Å². The van der Waals surface area contributed by atoms with Crippen molar-refractivity contribution in [2.75, 3.05) is 6.61 Å². The fourth-order valence-corrected chi connectivity index (χ4v) is 2.35. The third-order valence-corrected chi connectivity index (χ3v) is 3.13. The molecule has 0 atom stereocenters. The quantitative estimate of drug-likeness (QED) is 0.821. The number of carbonyl (C=O) groups excluding carboxylic acids is 1. The minimum Gasteiger partial charge on any atom is -0.484 e. The number of nitrogens with one attached hydrogen (secondary N) is 2. The Morgan fingerprint density at radius 2 is 1.95 bits per heavy atom. The lowest BCUT2D eigenvalue weighted by Crippen LogP contribution is -2.44. The summed E-state index contributed by atoms with van der Waals surface area (Å²) >= 11 is 5.01. The lowest BCUT2D eigenvalue weighted by molar-refractivity contribution is -0.121. The van der Waals surface area contributed by atoms with Crippen molar-refractivity contribution in [1.29, 1.82) is 0 Å². The molecule has 1 amide bonds. The molecule has 1 rings (SSSR count). The normalized spacial score (nSPS) is 10.6. The molecule has 2 N–H and O–H groups in total. The Kier molecular flexibility index (Phi) is 6.62. The predicted molar refractivity (Wildman–Crippen MR) is 89.8 cm³/mol. The molecule has 0 heterocycles. The van der Waals surface area contributed by atoms with Gasteiger partial charge in [0.05, 0.1) is 0 Å². The molecule has 0 fully saturated rings. The molecule has 4 nitrogen and oxygen atoms in total. The van der Waals surface area contributed by atoms with E-state index < -0.39 is 0 Å². The average molecular weight is 308 g/mol. The molecule has 1 aromatic carbocycles. The van der Waals surface area contributed by atoms with Crippen LogP contribution in [0.3, 0.4) is 0 Å². The third-order valence-electron chi connectivity index (χ3n) is 2.91. The zero-order valence-corrected chi connectivity index (χ0v) is 14.1. The van der Waals surface area contributed by atoms with Gasteiger partial charge in [-0.25, -0.2) is 0 Å². The topological polar surface area (TPSA) is 50.4 Å². The van der Waals surface area contributed by atoms with Crippen molar-refractivity contribution in [3.63, 3.8) is 0 Å². The Balaban J connectivity index is 2.50. The molecule has 0 radical (unpaired) electrons. The van der Waals surface area contributed by atoms with Gasteiger partial charge in [0.15, 0.2) is 11.7 Å². The van der Waals surface area contributed by atoms with Gasteiger partial charge in [-0.15, -0.1) is 0 Å². The summed E-state index contributed by atoms with van der Waals surface area (Å²) in [6.07, 6.45) is 0. The number of thiocarbonyl (C=S) groups is 1. The number of amides is 1. The zero-order valence-electron chi connectivity index (χ0n) is 13.3. The molecule has 0 saturated heterocycles. The number of rotatable bonds is 5. The summed E-state index contributed by atoms with van der Waals surface area (Å²) in [7, 11) is 0. The first-order chi connectivity index (χ1) is 9.79. The number of aryl methyl sites for hydroxylation is 1. The highest BCUT2D eigenvalue weighted by atomic mass is 32.1. The van der Waals surface area contributed by atoms with Gasteiger partial charge in [-0.3, -0.25) is 4.79 Å². The van der Waals surface area contributed by atoms with Crippen molar-refractivity contribution >= 4 is 23.2 Å². The van der Waals surface area contributed by atoms with Gasteiger partial charge in [-0.1, -0.05) is 19.9 Å². The Bertz CT molecular complexity index is 513. The van der Waals surface area contributed by atoms with E-state index in [1.54, 1.807) is 0 Å². The number of ether oxygens (including phenoxy) is 1. The second kappa shape index (κ2) is 7.98. The number of benzene rings is 1. The maximum absolute atomic E-state index is 11.7. The van der Waals surface area contributed by atoms with Crippen LogP contribution < -0.4 is 15.4 Å². The standard InChI is InChI=1S/C16H24N2O2S/c1-10(2)14-7-6-13(8-12(14)5)20-9-15(19)18-16(21)17-11(3)4/h6-8,10-11H,9H2,1-5H3,(H2,17,18,19,21). The van der Waals surface area contributed by atoms with E-state index in [4.69, 9.17) is 17.0 Å². The smallest absolute Gasteiger partial charge is 0.264 e. The average Bonchev–Trinajstić information content (AvgIpc) is 2.34. The highest BCUT2D eigenvalue weighted by Crippen LogP contribution is 2.23. The molecule has 0 unspecified atom stereocenters. The number of carbonyl (C=O) groups is 1. The van der Waals surface area contributed by atoms with Gasteiger partial charge in [0, 0.05) is 6.04 Å². The molecule has 21 heavy (non-hydrogen) atoms. The Hall–Kier alpha value is -1.62. The Morgan fingerprint density at radius 1 is 1.29 bits per heavy atom. The maximum atomic E-state index is 11.7. The summed E-state index contributed by atoms with van der Waals surface area (Å²) in [5.74, 6) is 0.898. The largest absolute Gasteiger partial charge is 0.484 e. The first kappa shape index (κ1) is 17.4. The van der Waals surface area contributed by atoms with Gasteiger partial charge in [-0.2, -0.15) is 0 Å². The lowest BCUT2D eigenvalue weighted by Gasteiger charge is -2.14. The minimum absolute atomic E-state index is 0.0552. The van der Waals surface area contributed by atoms with Gasteiger partial charge < -0.3 is 15.4 Å². The molecular weight excluding hydrogens is 284 g/mol. The summed E-state index contributed by atoms with van der Waals surface area (Å²) in [4.78, 5) is 11.7. The Morgan fingerprint density at radius 3 is 2.48 bits per heavy atom. The van der Waals surface area contributed by atoms with Crippen LogP contribution in [0.4, 0.5) is 0 Å². The van der Waals surface area contributed by atoms with E-state index in [2.05, 4.69) is 24.5 Å². The van der Waals surface area contributed by atoms with Crippen LogP contribution in [-0.2, 0) is 4.79 Å². The van der Waals surface area contributed by atoms with Gasteiger partial charge in [-0.05, 0) is 62.2 Å². The van der Waals surface area contributed by atoms with Gasteiger partial charge in [0.1, 0.15) is 5.75 Å². The van der Waals surface area contributed by atoms with E-state index in [1.807, 2.05) is 39.0 Å². The van der Waals surface area contributed by atoms with Crippen molar-refractivity contribution in [1.82, 2.24) is 10.6 Å². The molecule has 116 valence electrons. The number of hydrogen-bond acceptors (Lipinski definition) is 3. The fraction of sp³-hybridized carbons (Fsp3) is 0.500. The Labute approximate surface area is 132 Å². The summed E-state index contributed by atoms with van der Waals surface area (Å²) in [6, 6.07) is 6.07. The van der Waals surface area contributed by atoms with Gasteiger partial charge in [0.2, 0.25) is 0 Å². The molecule has 0 aliphatic carbocycles. The zero-order chi connectivity index (χ0) is 16.0. The molecular formula is C16H24N2O2S. The van der Waals surface area contributed by atoms with Crippen molar-refractivity contribution in [3.8, 4) is 5.75 Å². The van der Waals surface area contributed by atoms with E-state index in [0.29, 0.717) is 16.8 Å². The van der Waals surface area contributed by atoms with E-state index in [1.165, 1.54) is 11.1 Å². The van der Waals surface area contributed by atoms with Crippen LogP contribution in [0.1, 0.15) is 44.7 Å². The molecule has 0 saturated carbocycles. The monoisotopic (exact) mass is 308 g/mol. The minimum atomic E-state index is -0.265. The number of hydrogen-bond donors (Lipinski definition) is 2. The molecule has 5 heteroatoms. The van der Waals surface area contributed by atoms with E-state index in [9.17, 15) is 4.79 Å². The van der Waals surface area contributed by atoms with Gasteiger partial charge >= 0.3 is 0 Å². The molecule has 0 bridgehead atoms. The molecule has 0 spiro atoms. The van der Waals surface area contributed by atoms with Crippen LogP contribution in [-0.4, -0.2) is 23.7 Å². The fourth-order valence-electron chi connectivity index (χ4n) is 2.00. The van der Waals surface area contributed by atoms with Crippen molar-refractivity contribution in [2.45, 2.75) is 46.6 Å². The molecule has 0 aliphatic heterocycles. The van der Waals surface area contributed by atoms with E-state index in [0.717, 1.165) is 0 Å². The summed E-state index contributed by atoms with van der Waals surface area (Å²) in [5.41, 5.74) is 2.45. The first-order valence-corrected chi connectivity index (χ1v) is 7.54. The summed E-state index contributed by atoms with van der Waals surface area (Å²) < 4.78 is 5.49. The lowest BCUT2D eigenvalue weighted by atomic mass is 9.98. The van der Waals surface area contributed by atoms with Gasteiger partial charge in [0.25, 0.3) is 5.91 Å². The predicted octanol–water partition coefficient (Wildman–Crippen LogP) is 2.90. The molecule has 0 aromatic heterocycles. The van der Waals surface area contributed by atoms with Crippen LogP contribution in [0, 0.1) is 6.92 Å². The van der Waals surface area contributed by atoms with E-state index in [-0.39, 0.29) is 18.6 Å². The molecule has 1 aromatic rings. The maximum Gasteiger partial charge on any atom is 0.264 e. The third kappa shape index (κ3) is 6.12. The van der Waals surface area contributed by atoms with Crippen LogP contribution >= 0.6 is 12.2 Å². The second-order valence-electron chi connectivity index (χ2n) is 5.64. The summed E-state index contributed by atoms with van der Waals surface area (Å²) in [5, 5.41) is 5.85. The van der Waals surface area contributed by atoms with E-state index >= 15 is 0 Å². The van der Waals surface area contributed by atoms with Crippen LogP contribution in [0.5, 0.6) is 5.75 Å². The highest BCUT2D eigenvalue weighted by molar-refractivity contribution is 7.80.